The van der Waals surface area contributed by atoms with Gasteiger partial charge in [0.25, 0.3) is 5.91 Å². The van der Waals surface area contributed by atoms with E-state index >= 15 is 0 Å². The van der Waals surface area contributed by atoms with E-state index in [2.05, 4.69) is 0 Å². The average molecular weight is 337 g/mol. The standard InChI is InChI=1S/C19H15NOS2/c1-14-7-5-11-16(13-14)20-18(21)17(23-19(20)22)12-6-10-15-8-3-2-4-9-15/h2-13H,1H3. The molecule has 2 aromatic rings. The van der Waals surface area contributed by atoms with Gasteiger partial charge in [0.05, 0.1) is 10.6 Å². The predicted molar refractivity (Wildman–Crippen MR) is 102 cm³/mol. The third-order valence-electron chi connectivity index (χ3n) is 3.39. The highest BCUT2D eigenvalue weighted by molar-refractivity contribution is 8.27. The number of aryl methyl sites for hydroxylation is 1. The van der Waals surface area contributed by atoms with E-state index in [9.17, 15) is 4.79 Å². The molecular weight excluding hydrogens is 322 g/mol. The third-order valence-corrected chi connectivity index (χ3v) is 4.71. The van der Waals surface area contributed by atoms with Gasteiger partial charge in [-0.15, -0.1) is 0 Å². The van der Waals surface area contributed by atoms with Crippen molar-refractivity contribution in [2.75, 3.05) is 4.90 Å². The van der Waals surface area contributed by atoms with E-state index in [1.807, 2.05) is 79.7 Å². The van der Waals surface area contributed by atoms with Gasteiger partial charge in [-0.25, -0.2) is 0 Å². The second-order valence-electron chi connectivity index (χ2n) is 5.15. The molecule has 1 amide bonds. The van der Waals surface area contributed by atoms with Crippen LogP contribution in [0.15, 0.2) is 71.7 Å². The SMILES string of the molecule is Cc1cccc(N2C(=O)C(=CC=Cc3ccccc3)SC2=S)c1. The van der Waals surface area contributed by atoms with E-state index in [4.69, 9.17) is 12.2 Å². The summed E-state index contributed by atoms with van der Waals surface area (Å²) >= 11 is 6.70. The maximum Gasteiger partial charge on any atom is 0.270 e. The first-order valence-corrected chi connectivity index (χ1v) is 8.44. The molecule has 114 valence electrons. The summed E-state index contributed by atoms with van der Waals surface area (Å²) in [5.74, 6) is -0.0664. The van der Waals surface area contributed by atoms with Crippen LogP contribution in [0.1, 0.15) is 11.1 Å². The third kappa shape index (κ3) is 3.60. The molecule has 3 rings (SSSR count). The van der Waals surface area contributed by atoms with Crippen LogP contribution in [-0.2, 0) is 4.79 Å². The van der Waals surface area contributed by atoms with Crippen LogP contribution in [0.25, 0.3) is 6.08 Å². The Bertz CT molecular complexity index is 809. The molecule has 4 heteroatoms. The number of anilines is 1. The Kier molecular flexibility index (Phi) is 4.74. The van der Waals surface area contributed by atoms with Crippen molar-refractivity contribution in [3.8, 4) is 0 Å². The number of thiocarbonyl (C=S) groups is 1. The first kappa shape index (κ1) is 15.7. The van der Waals surface area contributed by atoms with Crippen LogP contribution in [0.3, 0.4) is 0 Å². The summed E-state index contributed by atoms with van der Waals surface area (Å²) in [6.07, 6.45) is 5.68. The summed E-state index contributed by atoms with van der Waals surface area (Å²) in [6.45, 7) is 2.00. The van der Waals surface area contributed by atoms with Gasteiger partial charge >= 0.3 is 0 Å². The number of carbonyl (C=O) groups is 1. The Labute approximate surface area is 145 Å². The summed E-state index contributed by atoms with van der Waals surface area (Å²) in [4.78, 5) is 14.8. The van der Waals surface area contributed by atoms with Crippen LogP contribution in [-0.4, -0.2) is 10.2 Å². The monoisotopic (exact) mass is 337 g/mol. The Morgan fingerprint density at radius 1 is 1.09 bits per heavy atom. The van der Waals surface area contributed by atoms with Gasteiger partial charge in [0, 0.05) is 0 Å². The van der Waals surface area contributed by atoms with Gasteiger partial charge in [-0.05, 0) is 36.3 Å². The molecule has 1 fully saturated rings. The van der Waals surface area contributed by atoms with E-state index < -0.39 is 0 Å². The number of thioether (sulfide) groups is 1. The molecule has 23 heavy (non-hydrogen) atoms. The van der Waals surface area contributed by atoms with Crippen LogP contribution >= 0.6 is 24.0 Å². The minimum Gasteiger partial charge on any atom is -0.268 e. The Morgan fingerprint density at radius 3 is 2.61 bits per heavy atom. The number of carbonyl (C=O) groups excluding carboxylic acids is 1. The molecule has 2 aromatic carbocycles. The van der Waals surface area contributed by atoms with Crippen LogP contribution in [0, 0.1) is 6.92 Å². The number of allylic oxidation sites excluding steroid dienone is 2. The molecule has 0 spiro atoms. The summed E-state index contributed by atoms with van der Waals surface area (Å²) in [5.41, 5.74) is 3.02. The van der Waals surface area contributed by atoms with Gasteiger partial charge in [0.1, 0.15) is 0 Å². The van der Waals surface area contributed by atoms with E-state index in [-0.39, 0.29) is 5.91 Å². The van der Waals surface area contributed by atoms with Crippen LogP contribution < -0.4 is 4.90 Å². The molecule has 0 N–H and O–H groups in total. The number of amides is 1. The Balaban J connectivity index is 1.81. The largest absolute Gasteiger partial charge is 0.270 e. The van der Waals surface area contributed by atoms with Crippen LogP contribution in [0.5, 0.6) is 0 Å². The highest BCUT2D eigenvalue weighted by Gasteiger charge is 2.32. The Hall–Kier alpha value is -2.17. The fourth-order valence-corrected chi connectivity index (χ4v) is 3.53. The fourth-order valence-electron chi connectivity index (χ4n) is 2.28. The molecular formula is C19H15NOS2. The maximum atomic E-state index is 12.6. The van der Waals surface area contributed by atoms with E-state index in [0.29, 0.717) is 9.23 Å². The zero-order valence-electron chi connectivity index (χ0n) is 12.6. The minimum atomic E-state index is -0.0664. The Morgan fingerprint density at radius 2 is 1.87 bits per heavy atom. The van der Waals surface area contributed by atoms with Crippen LogP contribution in [0.2, 0.25) is 0 Å². The number of hydrogen-bond acceptors (Lipinski definition) is 3. The second kappa shape index (κ2) is 6.94. The molecule has 0 bridgehead atoms. The lowest BCUT2D eigenvalue weighted by atomic mass is 10.2. The first-order chi connectivity index (χ1) is 11.1. The van der Waals surface area contributed by atoms with Crippen molar-refractivity contribution in [1.29, 1.82) is 0 Å². The molecule has 0 radical (unpaired) electrons. The quantitative estimate of drug-likeness (QED) is 0.583. The average Bonchev–Trinajstić information content (AvgIpc) is 2.82. The lowest BCUT2D eigenvalue weighted by molar-refractivity contribution is -0.113. The van der Waals surface area contributed by atoms with Crippen molar-refractivity contribution in [3.63, 3.8) is 0 Å². The number of hydrogen-bond donors (Lipinski definition) is 0. The summed E-state index contributed by atoms with van der Waals surface area (Å²) in [6, 6.07) is 17.8. The number of rotatable bonds is 3. The molecule has 2 nitrogen and oxygen atoms in total. The smallest absolute Gasteiger partial charge is 0.268 e. The lowest BCUT2D eigenvalue weighted by Gasteiger charge is -2.14. The van der Waals surface area contributed by atoms with Gasteiger partial charge in [-0.1, -0.05) is 78.6 Å². The highest BCUT2D eigenvalue weighted by atomic mass is 32.2. The topological polar surface area (TPSA) is 20.3 Å². The predicted octanol–water partition coefficient (Wildman–Crippen LogP) is 4.96. The first-order valence-electron chi connectivity index (χ1n) is 7.21. The van der Waals surface area contributed by atoms with Gasteiger partial charge < -0.3 is 0 Å². The molecule has 1 aliphatic heterocycles. The normalized spacial score (nSPS) is 16.7. The van der Waals surface area contributed by atoms with Crippen LogP contribution in [0.4, 0.5) is 5.69 Å². The van der Waals surface area contributed by atoms with E-state index in [1.54, 1.807) is 4.90 Å². The van der Waals surface area contributed by atoms with E-state index in [0.717, 1.165) is 16.8 Å². The van der Waals surface area contributed by atoms with Crippen molar-refractivity contribution >= 4 is 46.0 Å². The molecule has 1 aliphatic rings. The van der Waals surface area contributed by atoms with Crippen molar-refractivity contribution < 1.29 is 4.79 Å². The summed E-state index contributed by atoms with van der Waals surface area (Å²) in [7, 11) is 0. The maximum absolute atomic E-state index is 12.6. The summed E-state index contributed by atoms with van der Waals surface area (Å²) in [5, 5.41) is 0. The molecule has 1 heterocycles. The summed E-state index contributed by atoms with van der Waals surface area (Å²) < 4.78 is 0.569. The molecule has 0 aliphatic carbocycles. The van der Waals surface area contributed by atoms with Gasteiger partial charge in [0.15, 0.2) is 4.32 Å². The van der Waals surface area contributed by atoms with Crippen molar-refractivity contribution in [2.24, 2.45) is 0 Å². The molecule has 0 atom stereocenters. The van der Waals surface area contributed by atoms with E-state index in [1.165, 1.54) is 11.8 Å². The highest BCUT2D eigenvalue weighted by Crippen LogP contribution is 2.35. The molecule has 0 saturated carbocycles. The molecule has 0 unspecified atom stereocenters. The van der Waals surface area contributed by atoms with Gasteiger partial charge in [-0.3, -0.25) is 9.69 Å². The van der Waals surface area contributed by atoms with Gasteiger partial charge in [-0.2, -0.15) is 0 Å². The number of nitrogens with zero attached hydrogens (tertiary/aromatic N) is 1. The zero-order chi connectivity index (χ0) is 16.2. The van der Waals surface area contributed by atoms with Crippen molar-refractivity contribution in [1.82, 2.24) is 0 Å². The number of benzene rings is 2. The lowest BCUT2D eigenvalue weighted by Crippen LogP contribution is -2.27. The fraction of sp³-hybridized carbons (Fsp3) is 0.0526. The zero-order valence-corrected chi connectivity index (χ0v) is 14.2. The second-order valence-corrected chi connectivity index (χ2v) is 6.82. The van der Waals surface area contributed by atoms with Crippen molar-refractivity contribution in [2.45, 2.75) is 6.92 Å². The molecule has 1 saturated heterocycles. The minimum absolute atomic E-state index is 0.0664. The van der Waals surface area contributed by atoms with Gasteiger partial charge in [0.2, 0.25) is 0 Å². The molecule has 0 aromatic heterocycles. The van der Waals surface area contributed by atoms with Crippen molar-refractivity contribution in [3.05, 3.63) is 82.8 Å².